The van der Waals surface area contributed by atoms with Crippen LogP contribution in [0.2, 0.25) is 0 Å². The molecule has 2 nitrogen and oxygen atoms in total. The Kier molecular flexibility index (Phi) is 3.43. The van der Waals surface area contributed by atoms with Crippen LogP contribution in [0.15, 0.2) is 36.2 Å². The lowest BCUT2D eigenvalue weighted by molar-refractivity contribution is -0.118. The molecule has 1 aliphatic heterocycles. The van der Waals surface area contributed by atoms with E-state index in [0.29, 0.717) is 11.5 Å². The molecule has 0 saturated carbocycles. The second-order valence-electron chi connectivity index (χ2n) is 2.76. The molecule has 3 heteroatoms. The van der Waals surface area contributed by atoms with E-state index in [1.807, 2.05) is 6.92 Å². The van der Waals surface area contributed by atoms with Crippen LogP contribution in [-0.4, -0.2) is 10.9 Å². The van der Waals surface area contributed by atoms with Gasteiger partial charge in [-0.25, -0.2) is 0 Å². The van der Waals surface area contributed by atoms with Gasteiger partial charge in [0.25, 0.3) is 0 Å². The van der Waals surface area contributed by atoms with Gasteiger partial charge >= 0.3 is 0 Å². The quantitative estimate of drug-likeness (QED) is 0.623. The lowest BCUT2D eigenvalue weighted by Crippen LogP contribution is -2.14. The second kappa shape index (κ2) is 4.60. The summed E-state index contributed by atoms with van der Waals surface area (Å²) in [6.07, 6.45) is 8.70. The van der Waals surface area contributed by atoms with Crippen LogP contribution < -0.4 is 0 Å². The van der Waals surface area contributed by atoms with Gasteiger partial charge in [0.2, 0.25) is 0 Å². The summed E-state index contributed by atoms with van der Waals surface area (Å²) in [4.78, 5) is 11.3. The molecule has 70 valence electrons. The van der Waals surface area contributed by atoms with Gasteiger partial charge < -0.3 is 0 Å². The van der Waals surface area contributed by atoms with E-state index in [-0.39, 0.29) is 11.5 Å². The summed E-state index contributed by atoms with van der Waals surface area (Å²) in [5, 5.41) is 0.359. The van der Waals surface area contributed by atoms with Crippen molar-refractivity contribution in [3.8, 4) is 0 Å². The molecule has 0 radical (unpaired) electrons. The molecule has 1 heterocycles. The van der Waals surface area contributed by atoms with Crippen LogP contribution >= 0.6 is 0 Å². The average molecular weight is 181 g/mol. The van der Waals surface area contributed by atoms with Gasteiger partial charge in [0, 0.05) is 12.6 Å². The predicted molar refractivity (Wildman–Crippen MR) is 49.2 cm³/mol. The number of halogens is 1. The number of rotatable bonds is 3. The minimum Gasteiger partial charge on any atom is -0.292 e. The lowest BCUT2D eigenvalue weighted by Gasteiger charge is -2.09. The normalized spacial score (nSPS) is 15.5. The predicted octanol–water partition coefficient (Wildman–Crippen LogP) is 2.51. The summed E-state index contributed by atoms with van der Waals surface area (Å²) in [6.45, 7) is 1.89. The molecule has 1 aliphatic rings. The molecule has 0 aromatic carbocycles. The summed E-state index contributed by atoms with van der Waals surface area (Å²) in [7, 11) is 0. The highest BCUT2D eigenvalue weighted by Gasteiger charge is 2.14. The first-order valence-electron chi connectivity index (χ1n) is 4.29. The number of hydrogen-bond acceptors (Lipinski definition) is 2. The third-order valence-electron chi connectivity index (χ3n) is 1.69. The fourth-order valence-corrected chi connectivity index (χ4v) is 1.05. The molecule has 0 bridgehead atoms. The zero-order valence-corrected chi connectivity index (χ0v) is 7.53. The molecule has 0 aromatic heterocycles. The number of ketones is 1. The summed E-state index contributed by atoms with van der Waals surface area (Å²) < 4.78 is 13.1. The van der Waals surface area contributed by atoms with Crippen molar-refractivity contribution in [3.63, 3.8) is 0 Å². The minimum atomic E-state index is -0.166. The van der Waals surface area contributed by atoms with Gasteiger partial charge in [-0.2, -0.15) is 5.12 Å². The van der Waals surface area contributed by atoms with Gasteiger partial charge in [-0.1, -0.05) is 23.6 Å². The van der Waals surface area contributed by atoms with Crippen molar-refractivity contribution >= 4 is 5.78 Å². The van der Waals surface area contributed by atoms with Crippen molar-refractivity contribution in [1.29, 1.82) is 0 Å². The van der Waals surface area contributed by atoms with E-state index in [4.69, 9.17) is 0 Å². The number of hydrogen-bond donors (Lipinski definition) is 0. The van der Waals surface area contributed by atoms with Crippen molar-refractivity contribution in [2.24, 2.45) is 0 Å². The molecule has 0 spiro atoms. The maximum Gasteiger partial charge on any atom is 0.181 e. The highest BCUT2D eigenvalue weighted by molar-refractivity contribution is 5.95. The fraction of sp³-hybridized carbons (Fsp3) is 0.300. The van der Waals surface area contributed by atoms with E-state index in [1.165, 1.54) is 12.3 Å². The van der Waals surface area contributed by atoms with E-state index in [2.05, 4.69) is 0 Å². The first kappa shape index (κ1) is 9.71. The number of allylic oxidation sites excluding steroid dienone is 5. The summed E-state index contributed by atoms with van der Waals surface area (Å²) >= 11 is 0. The van der Waals surface area contributed by atoms with E-state index in [0.717, 1.165) is 6.42 Å². The second-order valence-corrected chi connectivity index (χ2v) is 2.76. The molecule has 0 aromatic rings. The monoisotopic (exact) mass is 181 g/mol. The molecule has 13 heavy (non-hydrogen) atoms. The highest BCUT2D eigenvalue weighted by atomic mass is 19.2. The molecule has 1 rings (SSSR count). The van der Waals surface area contributed by atoms with Crippen LogP contribution in [0.1, 0.15) is 19.8 Å². The molecule has 0 atom stereocenters. The highest BCUT2D eigenvalue weighted by Crippen LogP contribution is 2.13. The van der Waals surface area contributed by atoms with Crippen molar-refractivity contribution in [1.82, 2.24) is 5.12 Å². The van der Waals surface area contributed by atoms with Crippen molar-refractivity contribution < 1.29 is 9.28 Å². The maximum atomic E-state index is 13.1. The lowest BCUT2D eigenvalue weighted by atomic mass is 10.2. The van der Waals surface area contributed by atoms with Gasteiger partial charge in [0.1, 0.15) is 5.70 Å². The smallest absolute Gasteiger partial charge is 0.181 e. The minimum absolute atomic E-state index is 0.104. The number of nitrogens with zero attached hydrogens (tertiary/aromatic N) is 1. The molecular weight excluding hydrogens is 169 g/mol. The molecule has 0 N–H and O–H groups in total. The molecule has 0 amide bonds. The zero-order valence-electron chi connectivity index (χ0n) is 7.53. The van der Waals surface area contributed by atoms with Gasteiger partial charge in [-0.3, -0.25) is 4.79 Å². The molecule has 0 fully saturated rings. The fourth-order valence-electron chi connectivity index (χ4n) is 1.05. The third-order valence-corrected chi connectivity index (χ3v) is 1.69. The number of carbonyl (C=O) groups is 1. The Labute approximate surface area is 77.0 Å². The molecule has 0 saturated heterocycles. The Morgan fingerprint density at radius 2 is 2.23 bits per heavy atom. The van der Waals surface area contributed by atoms with Crippen molar-refractivity contribution in [2.75, 3.05) is 0 Å². The largest absolute Gasteiger partial charge is 0.292 e. The SMILES string of the molecule is CCCC(=O)C1=CC=CC=CN1F. The van der Waals surface area contributed by atoms with E-state index in [9.17, 15) is 9.28 Å². The van der Waals surface area contributed by atoms with Gasteiger partial charge in [-0.15, -0.1) is 0 Å². The van der Waals surface area contributed by atoms with Gasteiger partial charge in [0.05, 0.1) is 0 Å². The van der Waals surface area contributed by atoms with E-state index in [1.54, 1.807) is 18.2 Å². The molecule has 0 unspecified atom stereocenters. The first-order valence-corrected chi connectivity index (χ1v) is 4.29. The molecular formula is C10H12FNO. The van der Waals surface area contributed by atoms with E-state index >= 15 is 0 Å². The Morgan fingerprint density at radius 3 is 2.92 bits per heavy atom. The topological polar surface area (TPSA) is 20.3 Å². The van der Waals surface area contributed by atoms with Crippen molar-refractivity contribution in [3.05, 3.63) is 36.2 Å². The van der Waals surface area contributed by atoms with E-state index < -0.39 is 0 Å². The maximum absolute atomic E-state index is 13.1. The van der Waals surface area contributed by atoms with Gasteiger partial charge in [-0.05, 0) is 18.6 Å². The van der Waals surface area contributed by atoms with Crippen LogP contribution in [0, 0.1) is 0 Å². The Bertz CT molecular complexity index is 279. The zero-order chi connectivity index (χ0) is 9.68. The summed E-state index contributed by atoms with van der Waals surface area (Å²) in [5.41, 5.74) is 0.104. The van der Waals surface area contributed by atoms with Crippen molar-refractivity contribution in [2.45, 2.75) is 19.8 Å². The Balaban J connectivity index is 2.77. The number of Topliss-reactive ketones (excluding diaryl/α,β-unsaturated/α-hetero) is 1. The van der Waals surface area contributed by atoms with Crippen LogP contribution in [0.5, 0.6) is 0 Å². The Morgan fingerprint density at radius 1 is 1.46 bits per heavy atom. The summed E-state index contributed by atoms with van der Waals surface area (Å²) in [6, 6.07) is 0. The molecule has 0 aliphatic carbocycles. The summed E-state index contributed by atoms with van der Waals surface area (Å²) in [5.74, 6) is -0.166. The van der Waals surface area contributed by atoms with Crippen LogP contribution in [0.4, 0.5) is 4.48 Å². The van der Waals surface area contributed by atoms with Gasteiger partial charge in [0.15, 0.2) is 5.78 Å². The average Bonchev–Trinajstić information content (AvgIpc) is 2.30. The first-order chi connectivity index (χ1) is 6.25. The van der Waals surface area contributed by atoms with Crippen LogP contribution in [-0.2, 0) is 4.79 Å². The van der Waals surface area contributed by atoms with Crippen LogP contribution in [0.3, 0.4) is 0 Å². The van der Waals surface area contributed by atoms with Crippen LogP contribution in [0.25, 0.3) is 0 Å². The third kappa shape index (κ3) is 2.54. The number of carbonyl (C=O) groups excluding carboxylic acids is 1. The Hall–Kier alpha value is -1.38. The standard InChI is InChI=1S/C10H12FNO/c1-2-6-10(13)9-7-4-3-5-8-12(9)11/h3-5,7-8H,2,6H2,1H3.